The third kappa shape index (κ3) is 4.18. The van der Waals surface area contributed by atoms with Crippen LogP contribution >= 0.6 is 0 Å². The molecule has 0 aliphatic heterocycles. The normalized spacial score (nSPS) is 11.2. The number of carbonyl (C=O) groups excluding carboxylic acids is 2. The first kappa shape index (κ1) is 14.2. The summed E-state index contributed by atoms with van der Waals surface area (Å²) in [6.07, 6.45) is 0.228. The average molecular weight is 249 g/mol. The zero-order valence-electron chi connectivity index (χ0n) is 10.7. The van der Waals surface area contributed by atoms with E-state index < -0.39 is 11.4 Å². The summed E-state index contributed by atoms with van der Waals surface area (Å²) in [5.74, 6) is -0.823. The Bertz CT molecular complexity index is 455. The van der Waals surface area contributed by atoms with Gasteiger partial charge in [-0.3, -0.25) is 9.59 Å². The van der Waals surface area contributed by atoms with Crippen LogP contribution < -0.4 is 16.8 Å². The van der Waals surface area contributed by atoms with Gasteiger partial charge in [-0.05, 0) is 25.5 Å². The maximum Gasteiger partial charge on any atom is 0.249 e. The number of nitrogens with two attached hydrogens (primary N) is 2. The minimum Gasteiger partial charge on any atom is -0.370 e. The van der Waals surface area contributed by atoms with Crippen LogP contribution in [0.4, 0.5) is 0 Å². The highest BCUT2D eigenvalue weighted by Gasteiger charge is 2.20. The second-order valence-electron chi connectivity index (χ2n) is 4.90. The molecule has 18 heavy (non-hydrogen) atoms. The molecule has 0 heterocycles. The fourth-order valence-electron chi connectivity index (χ4n) is 1.75. The van der Waals surface area contributed by atoms with Crippen LogP contribution in [0, 0.1) is 0 Å². The van der Waals surface area contributed by atoms with Crippen molar-refractivity contribution in [3.8, 4) is 0 Å². The van der Waals surface area contributed by atoms with Crippen molar-refractivity contribution in [1.82, 2.24) is 5.32 Å². The van der Waals surface area contributed by atoms with Gasteiger partial charge in [-0.2, -0.15) is 0 Å². The van der Waals surface area contributed by atoms with E-state index in [0.717, 1.165) is 5.56 Å². The molecule has 5 N–H and O–H groups in total. The van der Waals surface area contributed by atoms with Gasteiger partial charge < -0.3 is 16.8 Å². The van der Waals surface area contributed by atoms with E-state index in [1.165, 1.54) is 0 Å². The second kappa shape index (κ2) is 5.64. The summed E-state index contributed by atoms with van der Waals surface area (Å²) in [4.78, 5) is 22.2. The van der Waals surface area contributed by atoms with Crippen LogP contribution in [-0.4, -0.2) is 17.4 Å². The van der Waals surface area contributed by atoms with Crippen LogP contribution in [0.5, 0.6) is 0 Å². The molecule has 0 saturated heterocycles. The summed E-state index contributed by atoms with van der Waals surface area (Å²) < 4.78 is 0. The lowest BCUT2D eigenvalue weighted by Gasteiger charge is -2.25. The molecule has 0 radical (unpaired) electrons. The van der Waals surface area contributed by atoms with Crippen molar-refractivity contribution < 1.29 is 9.59 Å². The number of carbonyl (C=O) groups is 2. The van der Waals surface area contributed by atoms with Crippen LogP contribution in [0.25, 0.3) is 0 Å². The molecule has 0 unspecified atom stereocenters. The predicted molar refractivity (Wildman–Crippen MR) is 69.7 cm³/mol. The Labute approximate surface area is 107 Å². The van der Waals surface area contributed by atoms with Gasteiger partial charge in [-0.25, -0.2) is 0 Å². The Kier molecular flexibility index (Phi) is 4.44. The molecular weight excluding hydrogens is 230 g/mol. The zero-order valence-corrected chi connectivity index (χ0v) is 10.7. The van der Waals surface area contributed by atoms with Gasteiger partial charge in [0.25, 0.3) is 0 Å². The first-order valence-electron chi connectivity index (χ1n) is 5.73. The molecule has 2 amide bonds. The van der Waals surface area contributed by atoms with Gasteiger partial charge in [0.1, 0.15) is 0 Å². The number of amides is 2. The van der Waals surface area contributed by atoms with Gasteiger partial charge in [-0.1, -0.05) is 18.2 Å². The molecule has 0 aliphatic carbocycles. The van der Waals surface area contributed by atoms with E-state index in [1.807, 2.05) is 26.0 Å². The molecule has 0 aliphatic rings. The van der Waals surface area contributed by atoms with Crippen molar-refractivity contribution in [2.24, 2.45) is 11.5 Å². The topological polar surface area (TPSA) is 98.2 Å². The van der Waals surface area contributed by atoms with Crippen molar-refractivity contribution in [3.05, 3.63) is 35.4 Å². The Morgan fingerprint density at radius 3 is 2.39 bits per heavy atom. The minimum absolute atomic E-state index is 0.228. The van der Waals surface area contributed by atoms with Gasteiger partial charge in [0.15, 0.2) is 0 Å². The number of rotatable bonds is 6. The van der Waals surface area contributed by atoms with Crippen LogP contribution in [0.15, 0.2) is 24.3 Å². The maximum atomic E-state index is 11.2. The third-order valence-electron chi connectivity index (χ3n) is 2.66. The van der Waals surface area contributed by atoms with Crippen LogP contribution in [-0.2, 0) is 11.3 Å². The van der Waals surface area contributed by atoms with Gasteiger partial charge in [-0.15, -0.1) is 0 Å². The average Bonchev–Trinajstić information content (AvgIpc) is 2.25. The molecule has 0 bridgehead atoms. The highest BCUT2D eigenvalue weighted by atomic mass is 16.1. The van der Waals surface area contributed by atoms with Crippen LogP contribution in [0.2, 0.25) is 0 Å². The molecule has 5 nitrogen and oxygen atoms in total. The van der Waals surface area contributed by atoms with Gasteiger partial charge in [0.05, 0.1) is 0 Å². The monoisotopic (exact) mass is 249 g/mol. The third-order valence-corrected chi connectivity index (χ3v) is 2.66. The highest BCUT2D eigenvalue weighted by Crippen LogP contribution is 2.12. The lowest BCUT2D eigenvalue weighted by molar-refractivity contribution is -0.119. The molecule has 0 fully saturated rings. The number of primary amides is 2. The standard InChI is InChI=1S/C13H19N3O2/c1-13(2,7-11(14)17)16-8-9-5-3-4-6-10(9)12(15)18/h3-6,16H,7-8H2,1-2H3,(H2,14,17)(H2,15,18). The zero-order chi connectivity index (χ0) is 13.8. The summed E-state index contributed by atoms with van der Waals surface area (Å²) in [5.41, 5.74) is 11.3. The summed E-state index contributed by atoms with van der Waals surface area (Å²) >= 11 is 0. The van der Waals surface area contributed by atoms with Crippen molar-refractivity contribution in [2.75, 3.05) is 0 Å². The number of benzene rings is 1. The molecular formula is C13H19N3O2. The quantitative estimate of drug-likeness (QED) is 0.685. The fraction of sp³-hybridized carbons (Fsp3) is 0.385. The van der Waals surface area contributed by atoms with Crippen LogP contribution in [0.3, 0.4) is 0 Å². The number of nitrogens with one attached hydrogen (secondary N) is 1. The number of hydrogen-bond acceptors (Lipinski definition) is 3. The van der Waals surface area contributed by atoms with Crippen molar-refractivity contribution in [2.45, 2.75) is 32.4 Å². The van der Waals surface area contributed by atoms with Gasteiger partial charge >= 0.3 is 0 Å². The lowest BCUT2D eigenvalue weighted by atomic mass is 9.99. The van der Waals surface area contributed by atoms with E-state index in [9.17, 15) is 9.59 Å². The molecule has 5 heteroatoms. The summed E-state index contributed by atoms with van der Waals surface area (Å²) in [6, 6.07) is 7.11. The Morgan fingerprint density at radius 2 is 1.83 bits per heavy atom. The maximum absolute atomic E-state index is 11.2. The van der Waals surface area contributed by atoms with E-state index in [4.69, 9.17) is 11.5 Å². The number of hydrogen-bond donors (Lipinski definition) is 3. The van der Waals surface area contributed by atoms with E-state index in [0.29, 0.717) is 12.1 Å². The summed E-state index contributed by atoms with van der Waals surface area (Å²) in [7, 11) is 0. The van der Waals surface area contributed by atoms with Gasteiger partial charge in [0.2, 0.25) is 11.8 Å². The molecule has 1 aromatic rings. The fourth-order valence-corrected chi connectivity index (χ4v) is 1.75. The largest absolute Gasteiger partial charge is 0.370 e. The van der Waals surface area contributed by atoms with E-state index in [1.54, 1.807) is 12.1 Å². The van der Waals surface area contributed by atoms with Crippen molar-refractivity contribution in [1.29, 1.82) is 0 Å². The molecule has 0 spiro atoms. The van der Waals surface area contributed by atoms with Crippen molar-refractivity contribution >= 4 is 11.8 Å². The second-order valence-corrected chi connectivity index (χ2v) is 4.90. The minimum atomic E-state index is -0.458. The molecule has 1 aromatic carbocycles. The first-order chi connectivity index (χ1) is 8.32. The Morgan fingerprint density at radius 1 is 1.22 bits per heavy atom. The van der Waals surface area contributed by atoms with E-state index in [-0.39, 0.29) is 12.3 Å². The Hall–Kier alpha value is -1.88. The molecule has 0 saturated carbocycles. The highest BCUT2D eigenvalue weighted by molar-refractivity contribution is 5.94. The van der Waals surface area contributed by atoms with Crippen LogP contribution in [0.1, 0.15) is 36.2 Å². The lowest BCUT2D eigenvalue weighted by Crippen LogP contribution is -2.42. The first-order valence-corrected chi connectivity index (χ1v) is 5.73. The molecule has 0 aromatic heterocycles. The SMILES string of the molecule is CC(C)(CC(N)=O)NCc1ccccc1C(N)=O. The molecule has 98 valence electrons. The Balaban J connectivity index is 2.74. The van der Waals surface area contributed by atoms with E-state index >= 15 is 0 Å². The van der Waals surface area contributed by atoms with Crippen molar-refractivity contribution in [3.63, 3.8) is 0 Å². The summed E-state index contributed by atoms with van der Waals surface area (Å²) in [5, 5.41) is 3.19. The summed E-state index contributed by atoms with van der Waals surface area (Å²) in [6.45, 7) is 4.22. The smallest absolute Gasteiger partial charge is 0.249 e. The molecule has 1 rings (SSSR count). The predicted octanol–water partition coefficient (Wildman–Crippen LogP) is 0.529. The van der Waals surface area contributed by atoms with Gasteiger partial charge in [0, 0.05) is 24.1 Å². The van der Waals surface area contributed by atoms with E-state index in [2.05, 4.69) is 5.32 Å². The molecule has 0 atom stereocenters.